The Labute approximate surface area is 98.1 Å². The molecule has 0 aliphatic carbocycles. The highest BCUT2D eigenvalue weighted by atomic mass is 16.5. The van der Waals surface area contributed by atoms with Gasteiger partial charge in [0.25, 0.3) is 11.4 Å². The predicted octanol–water partition coefficient (Wildman–Crippen LogP) is 0.327. The van der Waals surface area contributed by atoms with E-state index in [1.807, 2.05) is 0 Å². The van der Waals surface area contributed by atoms with Crippen LogP contribution in [0.15, 0.2) is 27.6 Å². The largest absolute Gasteiger partial charge is 0.334 e. The van der Waals surface area contributed by atoms with E-state index in [-0.39, 0.29) is 5.56 Å². The van der Waals surface area contributed by atoms with Crippen LogP contribution in [0.4, 0.5) is 0 Å². The molecule has 0 unspecified atom stereocenters. The third kappa shape index (κ3) is 2.59. The topological polar surface area (TPSA) is 86.9 Å². The lowest BCUT2D eigenvalue weighted by Gasteiger charge is -1.96. The van der Waals surface area contributed by atoms with Crippen molar-refractivity contribution in [2.24, 2.45) is 12.8 Å². The van der Waals surface area contributed by atoms with Gasteiger partial charge in [0, 0.05) is 31.3 Å². The van der Waals surface area contributed by atoms with Crippen molar-refractivity contribution in [1.82, 2.24) is 14.7 Å². The number of aryl methyl sites for hydroxylation is 2. The van der Waals surface area contributed by atoms with Gasteiger partial charge in [-0.3, -0.25) is 4.79 Å². The van der Waals surface area contributed by atoms with E-state index >= 15 is 0 Å². The van der Waals surface area contributed by atoms with Crippen molar-refractivity contribution in [3.63, 3.8) is 0 Å². The minimum atomic E-state index is -0.107. The second-order valence-electron chi connectivity index (χ2n) is 3.77. The summed E-state index contributed by atoms with van der Waals surface area (Å²) in [7, 11) is 1.69. The predicted molar refractivity (Wildman–Crippen MR) is 62.4 cm³/mol. The average molecular weight is 234 g/mol. The van der Waals surface area contributed by atoms with E-state index in [4.69, 9.17) is 10.3 Å². The Balaban J connectivity index is 2.24. The zero-order valence-corrected chi connectivity index (χ0v) is 9.59. The number of nitrogens with two attached hydrogens (primary N) is 1. The van der Waals surface area contributed by atoms with Gasteiger partial charge >= 0.3 is 0 Å². The highest BCUT2D eigenvalue weighted by Gasteiger charge is 2.09. The highest BCUT2D eigenvalue weighted by Crippen LogP contribution is 2.14. The molecule has 6 nitrogen and oxygen atoms in total. The molecule has 2 N–H and O–H groups in total. The number of hydrogen-bond donors (Lipinski definition) is 1. The molecule has 0 spiro atoms. The fourth-order valence-electron chi connectivity index (χ4n) is 1.41. The Kier molecular flexibility index (Phi) is 3.34. The molecule has 0 fully saturated rings. The second kappa shape index (κ2) is 4.92. The van der Waals surface area contributed by atoms with Gasteiger partial charge in [0.1, 0.15) is 0 Å². The molecule has 0 aliphatic heterocycles. The van der Waals surface area contributed by atoms with Crippen LogP contribution in [0.3, 0.4) is 0 Å². The van der Waals surface area contributed by atoms with E-state index in [0.29, 0.717) is 30.2 Å². The summed E-state index contributed by atoms with van der Waals surface area (Å²) in [6, 6.07) is 3.24. The van der Waals surface area contributed by atoms with Crippen molar-refractivity contribution >= 4 is 0 Å². The van der Waals surface area contributed by atoms with E-state index in [1.165, 1.54) is 10.6 Å². The van der Waals surface area contributed by atoms with Crippen molar-refractivity contribution in [2.75, 3.05) is 6.54 Å². The molecule has 0 saturated heterocycles. The minimum Gasteiger partial charge on any atom is -0.334 e. The second-order valence-corrected chi connectivity index (χ2v) is 3.77. The van der Waals surface area contributed by atoms with Crippen molar-refractivity contribution in [3.8, 4) is 11.5 Å². The summed E-state index contributed by atoms with van der Waals surface area (Å²) < 4.78 is 6.57. The van der Waals surface area contributed by atoms with E-state index < -0.39 is 0 Å². The maximum Gasteiger partial charge on any atom is 0.258 e. The SMILES string of the molecule is Cn1ccc(-c2nc(CCCN)no2)cc1=O. The van der Waals surface area contributed by atoms with Crippen molar-refractivity contribution < 1.29 is 4.52 Å². The number of pyridine rings is 1. The first-order chi connectivity index (χ1) is 8.20. The Morgan fingerprint density at radius 3 is 3.06 bits per heavy atom. The molecule has 90 valence electrons. The Hall–Kier alpha value is -1.95. The molecule has 0 atom stereocenters. The zero-order valence-electron chi connectivity index (χ0n) is 9.59. The maximum absolute atomic E-state index is 11.4. The summed E-state index contributed by atoms with van der Waals surface area (Å²) in [5.41, 5.74) is 5.93. The van der Waals surface area contributed by atoms with Gasteiger partial charge in [-0.05, 0) is 19.0 Å². The van der Waals surface area contributed by atoms with E-state index in [1.54, 1.807) is 19.3 Å². The number of aromatic nitrogens is 3. The monoisotopic (exact) mass is 234 g/mol. The minimum absolute atomic E-state index is 0.107. The standard InChI is InChI=1S/C11H14N4O2/c1-15-6-4-8(7-10(15)16)11-13-9(14-17-11)3-2-5-12/h4,6-7H,2-3,5,12H2,1H3. The van der Waals surface area contributed by atoms with Gasteiger partial charge in [-0.2, -0.15) is 4.98 Å². The van der Waals surface area contributed by atoms with Crippen LogP contribution in [0, 0.1) is 0 Å². The lowest BCUT2D eigenvalue weighted by molar-refractivity contribution is 0.421. The maximum atomic E-state index is 11.4. The van der Waals surface area contributed by atoms with Gasteiger partial charge in [-0.25, -0.2) is 0 Å². The molecule has 0 saturated carbocycles. The Bertz CT molecular complexity index is 559. The average Bonchev–Trinajstić information content (AvgIpc) is 2.79. The van der Waals surface area contributed by atoms with Crippen LogP contribution in [-0.4, -0.2) is 21.3 Å². The third-order valence-electron chi connectivity index (χ3n) is 2.42. The van der Waals surface area contributed by atoms with Crippen LogP contribution < -0.4 is 11.3 Å². The van der Waals surface area contributed by atoms with Crippen LogP contribution in [0.5, 0.6) is 0 Å². The van der Waals surface area contributed by atoms with E-state index in [0.717, 1.165) is 6.42 Å². The molecule has 6 heteroatoms. The van der Waals surface area contributed by atoms with Gasteiger partial charge in [-0.15, -0.1) is 0 Å². The molecule has 2 aromatic rings. The first-order valence-corrected chi connectivity index (χ1v) is 5.40. The number of rotatable bonds is 4. The first kappa shape index (κ1) is 11.5. The molecule has 17 heavy (non-hydrogen) atoms. The number of nitrogens with zero attached hydrogens (tertiary/aromatic N) is 3. The zero-order chi connectivity index (χ0) is 12.3. The van der Waals surface area contributed by atoms with Gasteiger partial charge in [0.05, 0.1) is 0 Å². The van der Waals surface area contributed by atoms with Crippen LogP contribution in [0.25, 0.3) is 11.5 Å². The van der Waals surface area contributed by atoms with Crippen LogP contribution >= 0.6 is 0 Å². The lowest BCUT2D eigenvalue weighted by Crippen LogP contribution is -2.14. The van der Waals surface area contributed by atoms with Crippen molar-refractivity contribution in [1.29, 1.82) is 0 Å². The lowest BCUT2D eigenvalue weighted by atomic mass is 10.2. The number of hydrogen-bond acceptors (Lipinski definition) is 5. The van der Waals surface area contributed by atoms with Gasteiger partial charge < -0.3 is 14.8 Å². The highest BCUT2D eigenvalue weighted by molar-refractivity contribution is 5.51. The first-order valence-electron chi connectivity index (χ1n) is 5.40. The van der Waals surface area contributed by atoms with Crippen molar-refractivity contribution in [2.45, 2.75) is 12.8 Å². The van der Waals surface area contributed by atoms with E-state index in [2.05, 4.69) is 10.1 Å². The smallest absolute Gasteiger partial charge is 0.258 e. The van der Waals surface area contributed by atoms with Gasteiger partial charge in [0.2, 0.25) is 0 Å². The molecule has 2 heterocycles. The Morgan fingerprint density at radius 2 is 2.35 bits per heavy atom. The van der Waals surface area contributed by atoms with Crippen LogP contribution in [-0.2, 0) is 13.5 Å². The van der Waals surface area contributed by atoms with Crippen LogP contribution in [0.1, 0.15) is 12.2 Å². The molecule has 2 rings (SSSR count). The van der Waals surface area contributed by atoms with Gasteiger partial charge in [-0.1, -0.05) is 5.16 Å². The van der Waals surface area contributed by atoms with Crippen LogP contribution in [0.2, 0.25) is 0 Å². The molecular formula is C11H14N4O2. The van der Waals surface area contributed by atoms with Crippen molar-refractivity contribution in [3.05, 3.63) is 34.5 Å². The molecule has 0 aromatic carbocycles. The van der Waals surface area contributed by atoms with Gasteiger partial charge in [0.15, 0.2) is 5.82 Å². The molecule has 2 aromatic heterocycles. The summed E-state index contributed by atoms with van der Waals surface area (Å²) >= 11 is 0. The summed E-state index contributed by atoms with van der Waals surface area (Å²) in [5, 5.41) is 3.83. The third-order valence-corrected chi connectivity index (χ3v) is 2.42. The quantitative estimate of drug-likeness (QED) is 0.823. The summed E-state index contributed by atoms with van der Waals surface area (Å²) in [6.45, 7) is 0.593. The molecule has 0 radical (unpaired) electrons. The summed E-state index contributed by atoms with van der Waals surface area (Å²) in [5.74, 6) is 0.987. The fraction of sp³-hybridized carbons (Fsp3) is 0.364. The summed E-state index contributed by atoms with van der Waals surface area (Å²) in [4.78, 5) is 15.7. The fourth-order valence-corrected chi connectivity index (χ4v) is 1.41. The molecular weight excluding hydrogens is 220 g/mol. The summed E-state index contributed by atoms with van der Waals surface area (Å²) in [6.07, 6.45) is 3.17. The van der Waals surface area contributed by atoms with E-state index in [9.17, 15) is 4.79 Å². The molecule has 0 amide bonds. The molecule has 0 bridgehead atoms. The molecule has 0 aliphatic rings. The normalized spacial score (nSPS) is 10.7. The Morgan fingerprint density at radius 1 is 1.53 bits per heavy atom.